The average molecular weight is 257 g/mol. The molecule has 1 aliphatic rings. The molecule has 1 aliphatic heterocycles. The van der Waals surface area contributed by atoms with Crippen molar-refractivity contribution in [2.45, 2.75) is 25.3 Å². The molecule has 3 nitrogen and oxygen atoms in total. The van der Waals surface area contributed by atoms with Crippen LogP contribution in [0.4, 0.5) is 10.3 Å². The van der Waals surface area contributed by atoms with Crippen molar-refractivity contribution in [2.24, 2.45) is 0 Å². The van der Waals surface area contributed by atoms with E-state index in [1.807, 2.05) is 18.2 Å². The van der Waals surface area contributed by atoms with E-state index in [0.29, 0.717) is 0 Å². The molecule has 0 saturated carbocycles. The molecule has 1 atom stereocenters. The van der Waals surface area contributed by atoms with Crippen molar-refractivity contribution < 1.29 is 4.39 Å². The Balaban J connectivity index is 1.91. The maximum atomic E-state index is 13.0. The first-order valence-electron chi connectivity index (χ1n) is 6.64. The first-order valence-corrected chi connectivity index (χ1v) is 6.64. The third-order valence-corrected chi connectivity index (χ3v) is 3.57. The van der Waals surface area contributed by atoms with Gasteiger partial charge in [-0.15, -0.1) is 0 Å². The van der Waals surface area contributed by atoms with Crippen molar-refractivity contribution in [3.05, 3.63) is 54.1 Å². The lowest BCUT2D eigenvalue weighted by molar-refractivity contribution is 0.465. The molecule has 1 fully saturated rings. The lowest BCUT2D eigenvalue weighted by atomic mass is 9.95. The van der Waals surface area contributed by atoms with Crippen LogP contribution in [0.2, 0.25) is 0 Å². The summed E-state index contributed by atoms with van der Waals surface area (Å²) in [6.07, 6.45) is 6.92. The second kappa shape index (κ2) is 5.34. The molecule has 2 aromatic rings. The van der Waals surface area contributed by atoms with Crippen LogP contribution >= 0.6 is 0 Å². The maximum absolute atomic E-state index is 13.0. The van der Waals surface area contributed by atoms with Gasteiger partial charge in [-0.3, -0.25) is 0 Å². The van der Waals surface area contributed by atoms with E-state index >= 15 is 0 Å². The van der Waals surface area contributed by atoms with Crippen LogP contribution in [0.25, 0.3) is 0 Å². The van der Waals surface area contributed by atoms with Crippen molar-refractivity contribution in [1.29, 1.82) is 0 Å². The van der Waals surface area contributed by atoms with Crippen LogP contribution < -0.4 is 4.90 Å². The summed E-state index contributed by atoms with van der Waals surface area (Å²) >= 11 is 0. The predicted molar refractivity (Wildman–Crippen MR) is 72.4 cm³/mol. The van der Waals surface area contributed by atoms with Crippen molar-refractivity contribution in [3.63, 3.8) is 0 Å². The molecule has 0 bridgehead atoms. The first kappa shape index (κ1) is 12.1. The van der Waals surface area contributed by atoms with Crippen LogP contribution in [0, 0.1) is 5.82 Å². The van der Waals surface area contributed by atoms with Crippen LogP contribution in [-0.4, -0.2) is 16.5 Å². The summed E-state index contributed by atoms with van der Waals surface area (Å²) in [6.45, 7) is 0.950. The Bertz CT molecular complexity index is 527. The van der Waals surface area contributed by atoms with E-state index in [2.05, 4.69) is 14.9 Å². The van der Waals surface area contributed by atoms with E-state index in [1.54, 1.807) is 12.4 Å². The Morgan fingerprint density at radius 2 is 1.79 bits per heavy atom. The third kappa shape index (κ3) is 2.57. The summed E-state index contributed by atoms with van der Waals surface area (Å²) < 4.78 is 13.0. The van der Waals surface area contributed by atoms with Gasteiger partial charge < -0.3 is 4.90 Å². The molecular weight excluding hydrogens is 241 g/mol. The first-order chi connectivity index (χ1) is 9.34. The van der Waals surface area contributed by atoms with Gasteiger partial charge in [0.25, 0.3) is 0 Å². The molecule has 1 unspecified atom stereocenters. The standard InChI is InChI=1S/C15H16FN3/c16-13-7-5-12(6-8-13)14-4-1-2-11-19(14)15-17-9-3-10-18-15/h3,5-10,14H,1-2,4,11H2. The van der Waals surface area contributed by atoms with E-state index in [0.717, 1.165) is 30.9 Å². The van der Waals surface area contributed by atoms with E-state index < -0.39 is 0 Å². The number of hydrogen-bond donors (Lipinski definition) is 0. The molecule has 19 heavy (non-hydrogen) atoms. The van der Waals surface area contributed by atoms with Crippen LogP contribution in [0.15, 0.2) is 42.7 Å². The molecule has 1 saturated heterocycles. The lowest BCUT2D eigenvalue weighted by Gasteiger charge is -2.36. The molecular formula is C15H16FN3. The molecule has 1 aromatic heterocycles. The summed E-state index contributed by atoms with van der Waals surface area (Å²) in [5, 5.41) is 0. The van der Waals surface area contributed by atoms with Gasteiger partial charge in [0.05, 0.1) is 6.04 Å². The Morgan fingerprint density at radius 1 is 1.05 bits per heavy atom. The molecule has 0 spiro atoms. The van der Waals surface area contributed by atoms with Crippen molar-refractivity contribution in [2.75, 3.05) is 11.4 Å². The zero-order valence-corrected chi connectivity index (χ0v) is 10.7. The number of aromatic nitrogens is 2. The normalized spacial score (nSPS) is 19.4. The second-order valence-corrected chi connectivity index (χ2v) is 4.81. The Hall–Kier alpha value is -1.97. The van der Waals surface area contributed by atoms with Gasteiger partial charge >= 0.3 is 0 Å². The molecule has 0 amide bonds. The number of nitrogens with zero attached hydrogens (tertiary/aromatic N) is 3. The fraction of sp³-hybridized carbons (Fsp3) is 0.333. The van der Waals surface area contributed by atoms with Gasteiger partial charge in [0.2, 0.25) is 5.95 Å². The van der Waals surface area contributed by atoms with Gasteiger partial charge in [-0.05, 0) is 43.0 Å². The quantitative estimate of drug-likeness (QED) is 0.826. The zero-order valence-electron chi connectivity index (χ0n) is 10.7. The maximum Gasteiger partial charge on any atom is 0.225 e. The summed E-state index contributed by atoms with van der Waals surface area (Å²) in [5.41, 5.74) is 1.13. The van der Waals surface area contributed by atoms with Crippen molar-refractivity contribution >= 4 is 5.95 Å². The van der Waals surface area contributed by atoms with Gasteiger partial charge in [0.15, 0.2) is 0 Å². The molecule has 4 heteroatoms. The smallest absolute Gasteiger partial charge is 0.225 e. The van der Waals surface area contributed by atoms with Crippen LogP contribution in [0.1, 0.15) is 30.9 Å². The predicted octanol–water partition coefficient (Wildman–Crippen LogP) is 3.35. The van der Waals surface area contributed by atoms with Gasteiger partial charge in [0, 0.05) is 18.9 Å². The van der Waals surface area contributed by atoms with Gasteiger partial charge in [-0.25, -0.2) is 14.4 Å². The highest BCUT2D eigenvalue weighted by Crippen LogP contribution is 2.33. The van der Waals surface area contributed by atoms with Crippen LogP contribution in [-0.2, 0) is 0 Å². The molecule has 0 aliphatic carbocycles. The topological polar surface area (TPSA) is 29.0 Å². The minimum absolute atomic E-state index is 0.193. The molecule has 98 valence electrons. The van der Waals surface area contributed by atoms with Gasteiger partial charge in [-0.1, -0.05) is 12.1 Å². The number of benzene rings is 1. The Morgan fingerprint density at radius 3 is 2.53 bits per heavy atom. The highest BCUT2D eigenvalue weighted by Gasteiger charge is 2.25. The second-order valence-electron chi connectivity index (χ2n) is 4.81. The van der Waals surface area contributed by atoms with Crippen molar-refractivity contribution in [3.8, 4) is 0 Å². The Kier molecular flexibility index (Phi) is 3.40. The summed E-state index contributed by atoms with van der Waals surface area (Å²) in [6, 6.07) is 8.84. The SMILES string of the molecule is Fc1ccc(C2CCCCN2c2ncccn2)cc1. The number of rotatable bonds is 2. The summed E-state index contributed by atoms with van der Waals surface area (Å²) in [5.74, 6) is 0.568. The number of piperidine rings is 1. The van der Waals surface area contributed by atoms with Gasteiger partial charge in [-0.2, -0.15) is 0 Å². The molecule has 1 aromatic carbocycles. The minimum atomic E-state index is -0.193. The van der Waals surface area contributed by atoms with Crippen LogP contribution in [0.5, 0.6) is 0 Å². The summed E-state index contributed by atoms with van der Waals surface area (Å²) in [7, 11) is 0. The fourth-order valence-corrected chi connectivity index (χ4v) is 2.64. The van der Waals surface area contributed by atoms with Gasteiger partial charge in [0.1, 0.15) is 5.82 Å². The highest BCUT2D eigenvalue weighted by atomic mass is 19.1. The summed E-state index contributed by atoms with van der Waals surface area (Å²) in [4.78, 5) is 10.9. The molecule has 0 N–H and O–H groups in total. The minimum Gasteiger partial charge on any atom is -0.334 e. The van der Waals surface area contributed by atoms with Crippen molar-refractivity contribution in [1.82, 2.24) is 9.97 Å². The van der Waals surface area contributed by atoms with E-state index in [-0.39, 0.29) is 11.9 Å². The third-order valence-electron chi connectivity index (χ3n) is 3.57. The lowest BCUT2D eigenvalue weighted by Crippen LogP contribution is -2.34. The highest BCUT2D eigenvalue weighted by molar-refractivity contribution is 5.36. The van der Waals surface area contributed by atoms with E-state index in [1.165, 1.54) is 18.6 Å². The Labute approximate surface area is 112 Å². The van der Waals surface area contributed by atoms with E-state index in [4.69, 9.17) is 0 Å². The van der Waals surface area contributed by atoms with Crippen LogP contribution in [0.3, 0.4) is 0 Å². The molecule has 0 radical (unpaired) electrons. The van der Waals surface area contributed by atoms with E-state index in [9.17, 15) is 4.39 Å². The largest absolute Gasteiger partial charge is 0.334 e. The number of hydrogen-bond acceptors (Lipinski definition) is 3. The molecule has 2 heterocycles. The number of halogens is 1. The average Bonchev–Trinajstić information content (AvgIpc) is 2.49. The number of anilines is 1. The monoisotopic (exact) mass is 257 g/mol. The zero-order chi connectivity index (χ0) is 13.1. The fourth-order valence-electron chi connectivity index (χ4n) is 2.64. The molecule has 3 rings (SSSR count).